The van der Waals surface area contributed by atoms with Crippen molar-refractivity contribution in [1.82, 2.24) is 20.2 Å². The minimum atomic E-state index is -0.0560. The van der Waals surface area contributed by atoms with Crippen LogP contribution in [0.5, 0.6) is 0 Å². The molecule has 140 valence electrons. The van der Waals surface area contributed by atoms with E-state index in [1.165, 1.54) is 24.2 Å². The monoisotopic (exact) mass is 383 g/mol. The molecule has 2 aromatic heterocycles. The molecule has 7 nitrogen and oxygen atoms in total. The molecule has 2 aliphatic rings. The smallest absolute Gasteiger partial charge is 0.298 e. The Hall–Kier alpha value is -2.45. The van der Waals surface area contributed by atoms with Gasteiger partial charge < -0.3 is 19.5 Å². The van der Waals surface area contributed by atoms with Crippen LogP contribution in [-0.4, -0.2) is 60.0 Å². The SMILES string of the molecule is CN(C)C(=O)c1cc(-c2nccs2)c2oc(N3CC4CCC(C3)N4)nc2c1. The Morgan fingerprint density at radius 2 is 2.07 bits per heavy atom. The minimum Gasteiger partial charge on any atom is -0.423 e. The second kappa shape index (κ2) is 6.31. The minimum absolute atomic E-state index is 0.0560. The van der Waals surface area contributed by atoms with Gasteiger partial charge >= 0.3 is 0 Å². The Kier molecular flexibility index (Phi) is 3.91. The lowest BCUT2D eigenvalue weighted by molar-refractivity contribution is 0.0828. The van der Waals surface area contributed by atoms with Gasteiger partial charge in [-0.15, -0.1) is 11.3 Å². The number of thiazole rings is 1. The summed E-state index contributed by atoms with van der Waals surface area (Å²) in [4.78, 5) is 25.5. The maximum absolute atomic E-state index is 12.5. The van der Waals surface area contributed by atoms with Crippen LogP contribution in [0.25, 0.3) is 21.7 Å². The molecule has 1 N–H and O–H groups in total. The molecular weight excluding hydrogens is 362 g/mol. The number of hydrogen-bond donors (Lipinski definition) is 1. The molecule has 2 bridgehead atoms. The van der Waals surface area contributed by atoms with Crippen molar-refractivity contribution in [3.05, 3.63) is 29.3 Å². The number of carbonyl (C=O) groups is 1. The summed E-state index contributed by atoms with van der Waals surface area (Å²) in [7, 11) is 3.50. The third-order valence-corrected chi connectivity index (χ3v) is 6.09. The van der Waals surface area contributed by atoms with E-state index in [-0.39, 0.29) is 5.91 Å². The summed E-state index contributed by atoms with van der Waals surface area (Å²) in [6.45, 7) is 1.80. The molecule has 0 spiro atoms. The van der Waals surface area contributed by atoms with Crippen LogP contribution in [-0.2, 0) is 0 Å². The van der Waals surface area contributed by atoms with Crippen LogP contribution in [0.1, 0.15) is 23.2 Å². The van der Waals surface area contributed by atoms with Gasteiger partial charge in [-0.05, 0) is 25.0 Å². The summed E-state index contributed by atoms with van der Waals surface area (Å²) >= 11 is 1.53. The van der Waals surface area contributed by atoms with Gasteiger partial charge in [-0.25, -0.2) is 4.98 Å². The topological polar surface area (TPSA) is 74.5 Å². The molecule has 2 aliphatic heterocycles. The highest BCUT2D eigenvalue weighted by Crippen LogP contribution is 2.35. The van der Waals surface area contributed by atoms with Crippen LogP contribution in [0.2, 0.25) is 0 Å². The molecule has 1 amide bonds. The Morgan fingerprint density at radius 3 is 2.74 bits per heavy atom. The summed E-state index contributed by atoms with van der Waals surface area (Å²) in [6.07, 6.45) is 4.16. The summed E-state index contributed by atoms with van der Waals surface area (Å²) < 4.78 is 6.21. The lowest BCUT2D eigenvalue weighted by atomic mass is 10.1. The van der Waals surface area contributed by atoms with Crippen LogP contribution < -0.4 is 10.2 Å². The summed E-state index contributed by atoms with van der Waals surface area (Å²) in [6, 6.07) is 5.32. The average Bonchev–Trinajstić information content (AvgIpc) is 3.39. The maximum Gasteiger partial charge on any atom is 0.298 e. The van der Waals surface area contributed by atoms with Crippen LogP contribution in [0.4, 0.5) is 6.01 Å². The largest absolute Gasteiger partial charge is 0.423 e. The standard InChI is InChI=1S/C19H21N5O2S/c1-23(2)18(25)11-7-14(17-20-5-6-27-17)16-15(8-11)22-19(26-16)24-9-12-3-4-13(10-24)21-12/h5-8,12-13,21H,3-4,9-10H2,1-2H3. The van der Waals surface area contributed by atoms with Crippen molar-refractivity contribution < 1.29 is 9.21 Å². The Labute approximate surface area is 161 Å². The Balaban J connectivity index is 1.62. The van der Waals surface area contributed by atoms with Gasteiger partial charge in [0.2, 0.25) is 0 Å². The number of nitrogens with zero attached hydrogens (tertiary/aromatic N) is 4. The Morgan fingerprint density at radius 1 is 1.30 bits per heavy atom. The second-order valence-corrected chi connectivity index (χ2v) is 8.34. The van der Waals surface area contributed by atoms with Crippen molar-refractivity contribution in [3.8, 4) is 10.6 Å². The molecule has 4 heterocycles. The fourth-order valence-electron chi connectivity index (χ4n) is 4.01. The van der Waals surface area contributed by atoms with Gasteiger partial charge in [0.25, 0.3) is 11.9 Å². The number of carbonyl (C=O) groups excluding carboxylic acids is 1. The first-order chi connectivity index (χ1) is 13.1. The molecule has 2 saturated heterocycles. The number of nitrogens with one attached hydrogen (secondary N) is 1. The van der Waals surface area contributed by atoms with E-state index in [2.05, 4.69) is 15.2 Å². The molecule has 1 aromatic carbocycles. The van der Waals surface area contributed by atoms with Gasteiger partial charge in [0, 0.05) is 56.4 Å². The zero-order valence-electron chi connectivity index (χ0n) is 15.3. The number of hydrogen-bond acceptors (Lipinski definition) is 7. The molecule has 2 unspecified atom stereocenters. The van der Waals surface area contributed by atoms with E-state index in [0.717, 1.165) is 23.7 Å². The molecule has 2 fully saturated rings. The van der Waals surface area contributed by atoms with Crippen LogP contribution >= 0.6 is 11.3 Å². The van der Waals surface area contributed by atoms with Crippen LogP contribution in [0.3, 0.4) is 0 Å². The first-order valence-electron chi connectivity index (χ1n) is 9.15. The fraction of sp³-hybridized carbons (Fsp3) is 0.421. The molecule has 2 atom stereocenters. The van der Waals surface area contributed by atoms with E-state index in [1.807, 2.05) is 17.5 Å². The zero-order valence-corrected chi connectivity index (χ0v) is 16.1. The van der Waals surface area contributed by atoms with E-state index in [0.29, 0.717) is 34.8 Å². The van der Waals surface area contributed by atoms with Gasteiger partial charge in [-0.3, -0.25) is 4.79 Å². The van der Waals surface area contributed by atoms with Gasteiger partial charge in [0.15, 0.2) is 5.58 Å². The number of rotatable bonds is 3. The molecule has 0 saturated carbocycles. The van der Waals surface area contributed by atoms with E-state index in [1.54, 1.807) is 25.2 Å². The predicted molar refractivity (Wildman–Crippen MR) is 105 cm³/mol. The highest BCUT2D eigenvalue weighted by Gasteiger charge is 2.34. The molecular formula is C19H21N5O2S. The number of piperazine rings is 1. The van der Waals surface area contributed by atoms with E-state index >= 15 is 0 Å². The molecule has 8 heteroatoms. The lowest BCUT2D eigenvalue weighted by Crippen LogP contribution is -2.51. The van der Waals surface area contributed by atoms with Crippen LogP contribution in [0.15, 0.2) is 28.1 Å². The molecule has 0 aliphatic carbocycles. The number of amides is 1. The number of oxazole rings is 1. The van der Waals surface area contributed by atoms with Gasteiger partial charge in [0.05, 0.1) is 5.56 Å². The van der Waals surface area contributed by atoms with E-state index < -0.39 is 0 Å². The first kappa shape index (κ1) is 16.7. The first-order valence-corrected chi connectivity index (χ1v) is 10.0. The molecule has 0 radical (unpaired) electrons. The lowest BCUT2D eigenvalue weighted by Gasteiger charge is -2.31. The van der Waals surface area contributed by atoms with Crippen molar-refractivity contribution >= 4 is 34.4 Å². The maximum atomic E-state index is 12.5. The van der Waals surface area contributed by atoms with Crippen molar-refractivity contribution in [1.29, 1.82) is 0 Å². The van der Waals surface area contributed by atoms with Gasteiger partial charge in [-0.1, -0.05) is 0 Å². The summed E-state index contributed by atoms with van der Waals surface area (Å²) in [5.74, 6) is -0.0560. The quantitative estimate of drug-likeness (QED) is 0.749. The molecule has 27 heavy (non-hydrogen) atoms. The van der Waals surface area contributed by atoms with Crippen molar-refractivity contribution in [2.75, 3.05) is 32.1 Å². The highest BCUT2D eigenvalue weighted by atomic mass is 32.1. The molecule has 5 rings (SSSR count). The normalized spacial score (nSPS) is 21.8. The average molecular weight is 383 g/mol. The number of benzene rings is 1. The molecule has 3 aromatic rings. The van der Waals surface area contributed by atoms with Crippen LogP contribution in [0, 0.1) is 0 Å². The third kappa shape index (κ3) is 2.89. The van der Waals surface area contributed by atoms with E-state index in [9.17, 15) is 4.79 Å². The van der Waals surface area contributed by atoms with E-state index in [4.69, 9.17) is 9.40 Å². The number of fused-ring (bicyclic) bond motifs is 3. The summed E-state index contributed by atoms with van der Waals surface area (Å²) in [5.41, 5.74) is 2.82. The third-order valence-electron chi connectivity index (χ3n) is 5.28. The number of anilines is 1. The van der Waals surface area contributed by atoms with Gasteiger partial charge in [-0.2, -0.15) is 4.98 Å². The van der Waals surface area contributed by atoms with Crippen molar-refractivity contribution in [2.24, 2.45) is 0 Å². The highest BCUT2D eigenvalue weighted by molar-refractivity contribution is 7.13. The van der Waals surface area contributed by atoms with Crippen molar-refractivity contribution in [3.63, 3.8) is 0 Å². The zero-order chi connectivity index (χ0) is 18.5. The Bertz CT molecular complexity index is 985. The predicted octanol–water partition coefficient (Wildman–Crippen LogP) is 2.59. The fourth-order valence-corrected chi connectivity index (χ4v) is 4.66. The van der Waals surface area contributed by atoms with Crippen molar-refractivity contribution in [2.45, 2.75) is 24.9 Å². The van der Waals surface area contributed by atoms with Gasteiger partial charge in [0.1, 0.15) is 10.5 Å². The second-order valence-electron chi connectivity index (χ2n) is 7.45. The number of aromatic nitrogens is 2. The summed E-state index contributed by atoms with van der Waals surface area (Å²) in [5, 5.41) is 6.38.